The quantitative estimate of drug-likeness (QED) is 0.500. The van der Waals surface area contributed by atoms with Crippen molar-refractivity contribution in [2.45, 2.75) is 13.5 Å². The van der Waals surface area contributed by atoms with Crippen LogP contribution >= 0.6 is 0 Å². The number of amides is 2. The van der Waals surface area contributed by atoms with Crippen molar-refractivity contribution in [2.75, 3.05) is 44.3 Å². The van der Waals surface area contributed by atoms with Gasteiger partial charge in [-0.25, -0.2) is 0 Å². The summed E-state index contributed by atoms with van der Waals surface area (Å²) in [4.78, 5) is 30.0. The van der Waals surface area contributed by atoms with Crippen molar-refractivity contribution >= 4 is 23.6 Å². The molecule has 2 amide bonds. The number of rotatable bonds is 7. The van der Waals surface area contributed by atoms with Gasteiger partial charge in [-0.3, -0.25) is 19.4 Å². The molecule has 1 saturated heterocycles. The molecule has 0 spiro atoms. The molecular formula is C30H31N3O4. The first-order valence-corrected chi connectivity index (χ1v) is 12.6. The van der Waals surface area contributed by atoms with Crippen molar-refractivity contribution < 1.29 is 19.1 Å². The fraction of sp³-hybridized carbons (Fsp3) is 0.267. The van der Waals surface area contributed by atoms with E-state index in [1.54, 1.807) is 23.1 Å². The topological polar surface area (TPSA) is 71.1 Å². The first-order valence-electron chi connectivity index (χ1n) is 12.6. The fourth-order valence-corrected chi connectivity index (χ4v) is 4.55. The van der Waals surface area contributed by atoms with Crippen LogP contribution in [0.4, 0.5) is 5.69 Å². The molecule has 0 radical (unpaired) electrons. The molecule has 7 nitrogen and oxygen atoms in total. The molecule has 1 N–H and O–H groups in total. The molecule has 37 heavy (non-hydrogen) atoms. The number of nitrogens with zero attached hydrogens (tertiary/aromatic N) is 2. The second kappa shape index (κ2) is 11.4. The SMILES string of the molecule is Cc1cccc(CN2C(=O)/C(=C\c3ccc(C(=O)NCCN4CCOCC4)cc3)Oc3ccccc32)c1. The Labute approximate surface area is 217 Å². The van der Waals surface area contributed by atoms with E-state index in [1.165, 1.54) is 0 Å². The lowest BCUT2D eigenvalue weighted by molar-refractivity contribution is -0.117. The number of nitrogens with one attached hydrogen (secondary N) is 1. The summed E-state index contributed by atoms with van der Waals surface area (Å²) in [6.07, 6.45) is 1.72. The minimum atomic E-state index is -0.204. The normalized spacial score (nSPS) is 16.8. The molecule has 1 fully saturated rings. The maximum absolute atomic E-state index is 13.5. The fourth-order valence-electron chi connectivity index (χ4n) is 4.55. The van der Waals surface area contributed by atoms with E-state index in [1.807, 2.05) is 61.5 Å². The van der Waals surface area contributed by atoms with Crippen molar-refractivity contribution in [1.29, 1.82) is 0 Å². The van der Waals surface area contributed by atoms with Crippen LogP contribution in [0.3, 0.4) is 0 Å². The number of carbonyl (C=O) groups excluding carboxylic acids is 2. The van der Waals surface area contributed by atoms with Crippen molar-refractivity contribution in [3.8, 4) is 5.75 Å². The lowest BCUT2D eigenvalue weighted by Crippen LogP contribution is -2.41. The largest absolute Gasteiger partial charge is 0.449 e. The van der Waals surface area contributed by atoms with Gasteiger partial charge in [0.05, 0.1) is 25.4 Å². The second-order valence-electron chi connectivity index (χ2n) is 9.29. The van der Waals surface area contributed by atoms with Crippen molar-refractivity contribution in [2.24, 2.45) is 0 Å². The highest BCUT2D eigenvalue weighted by Crippen LogP contribution is 2.36. The number of para-hydroxylation sites is 2. The van der Waals surface area contributed by atoms with Crippen LogP contribution in [0.1, 0.15) is 27.0 Å². The molecule has 0 saturated carbocycles. The van der Waals surface area contributed by atoms with Crippen LogP contribution < -0.4 is 15.0 Å². The smallest absolute Gasteiger partial charge is 0.294 e. The first kappa shape index (κ1) is 24.7. The van der Waals surface area contributed by atoms with Gasteiger partial charge in [0, 0.05) is 31.7 Å². The van der Waals surface area contributed by atoms with Gasteiger partial charge in [0.2, 0.25) is 0 Å². The number of anilines is 1. The maximum Gasteiger partial charge on any atom is 0.294 e. The Kier molecular flexibility index (Phi) is 7.63. The van der Waals surface area contributed by atoms with Gasteiger partial charge >= 0.3 is 0 Å². The lowest BCUT2D eigenvalue weighted by Gasteiger charge is -2.30. The Hall–Kier alpha value is -3.94. The summed E-state index contributed by atoms with van der Waals surface area (Å²) in [7, 11) is 0. The molecule has 7 heteroatoms. The number of hydrogen-bond acceptors (Lipinski definition) is 5. The summed E-state index contributed by atoms with van der Waals surface area (Å²) >= 11 is 0. The highest BCUT2D eigenvalue weighted by molar-refractivity contribution is 6.09. The molecule has 0 unspecified atom stereocenters. The van der Waals surface area contributed by atoms with Crippen LogP contribution in [-0.2, 0) is 16.1 Å². The molecule has 0 bridgehead atoms. The number of carbonyl (C=O) groups is 2. The first-order chi connectivity index (χ1) is 18.1. The molecule has 190 valence electrons. The molecular weight excluding hydrogens is 466 g/mol. The van der Waals surface area contributed by atoms with Gasteiger partial charge in [0.25, 0.3) is 11.8 Å². The Morgan fingerprint density at radius 1 is 1.00 bits per heavy atom. The zero-order valence-electron chi connectivity index (χ0n) is 21.0. The van der Waals surface area contributed by atoms with E-state index in [0.29, 0.717) is 24.4 Å². The van der Waals surface area contributed by atoms with Gasteiger partial charge in [-0.05, 0) is 48.4 Å². The van der Waals surface area contributed by atoms with Gasteiger partial charge < -0.3 is 14.8 Å². The second-order valence-corrected chi connectivity index (χ2v) is 9.29. The minimum Gasteiger partial charge on any atom is -0.449 e. The maximum atomic E-state index is 13.5. The summed E-state index contributed by atoms with van der Waals surface area (Å²) in [5.41, 5.74) is 4.30. The molecule has 3 aromatic rings. The van der Waals surface area contributed by atoms with E-state index < -0.39 is 0 Å². The average Bonchev–Trinajstić information content (AvgIpc) is 2.92. The third-order valence-corrected chi connectivity index (χ3v) is 6.54. The van der Waals surface area contributed by atoms with E-state index in [0.717, 1.165) is 55.2 Å². The third-order valence-electron chi connectivity index (χ3n) is 6.54. The van der Waals surface area contributed by atoms with Crippen LogP contribution in [0, 0.1) is 6.92 Å². The highest BCUT2D eigenvalue weighted by Gasteiger charge is 2.30. The monoisotopic (exact) mass is 497 g/mol. The predicted molar refractivity (Wildman–Crippen MR) is 143 cm³/mol. The average molecular weight is 498 g/mol. The number of fused-ring (bicyclic) bond motifs is 1. The van der Waals surface area contributed by atoms with E-state index in [2.05, 4.69) is 16.3 Å². The third kappa shape index (κ3) is 6.07. The van der Waals surface area contributed by atoms with Crippen LogP contribution in [0.5, 0.6) is 5.75 Å². The molecule has 3 aromatic carbocycles. The van der Waals surface area contributed by atoms with Crippen LogP contribution in [0.15, 0.2) is 78.6 Å². The van der Waals surface area contributed by atoms with Gasteiger partial charge in [0.1, 0.15) is 0 Å². The zero-order chi connectivity index (χ0) is 25.6. The standard InChI is InChI=1S/C30H31N3O4/c1-22-5-4-6-24(19-22)21-33-26-7-2-3-8-27(26)37-28(30(33)35)20-23-9-11-25(12-10-23)29(34)31-13-14-32-15-17-36-18-16-32/h2-12,19-20H,13-18,21H2,1H3,(H,31,34)/b28-20+. The minimum absolute atomic E-state index is 0.115. The van der Waals surface area contributed by atoms with Gasteiger partial charge in [-0.15, -0.1) is 0 Å². The van der Waals surface area contributed by atoms with E-state index in [-0.39, 0.29) is 17.6 Å². The Morgan fingerprint density at radius 3 is 2.57 bits per heavy atom. The van der Waals surface area contributed by atoms with Gasteiger partial charge in [-0.2, -0.15) is 0 Å². The van der Waals surface area contributed by atoms with Crippen LogP contribution in [-0.4, -0.2) is 56.1 Å². The Bertz CT molecular complexity index is 1300. The van der Waals surface area contributed by atoms with Crippen LogP contribution in [0.2, 0.25) is 0 Å². The van der Waals surface area contributed by atoms with E-state index >= 15 is 0 Å². The molecule has 2 heterocycles. The molecule has 0 atom stereocenters. The van der Waals surface area contributed by atoms with Gasteiger partial charge in [0.15, 0.2) is 11.5 Å². The number of morpholine rings is 1. The zero-order valence-corrected chi connectivity index (χ0v) is 21.0. The molecule has 0 aliphatic carbocycles. The number of hydrogen-bond donors (Lipinski definition) is 1. The summed E-state index contributed by atoms with van der Waals surface area (Å²) < 4.78 is 11.4. The lowest BCUT2D eigenvalue weighted by atomic mass is 10.1. The molecule has 5 rings (SSSR count). The van der Waals surface area contributed by atoms with Crippen molar-refractivity contribution in [3.05, 3.63) is 101 Å². The summed E-state index contributed by atoms with van der Waals surface area (Å²) in [5, 5.41) is 2.98. The number of benzene rings is 3. The van der Waals surface area contributed by atoms with Crippen LogP contribution in [0.25, 0.3) is 6.08 Å². The van der Waals surface area contributed by atoms with Gasteiger partial charge in [-0.1, -0.05) is 54.1 Å². The van der Waals surface area contributed by atoms with E-state index in [9.17, 15) is 9.59 Å². The van der Waals surface area contributed by atoms with Crippen molar-refractivity contribution in [1.82, 2.24) is 10.2 Å². The molecule has 0 aromatic heterocycles. The summed E-state index contributed by atoms with van der Waals surface area (Å²) in [6, 6.07) is 22.9. The number of ether oxygens (including phenoxy) is 2. The highest BCUT2D eigenvalue weighted by atomic mass is 16.5. The number of aryl methyl sites for hydroxylation is 1. The molecule has 2 aliphatic rings. The predicted octanol–water partition coefficient (Wildman–Crippen LogP) is 4.02. The van der Waals surface area contributed by atoms with Crippen molar-refractivity contribution in [3.63, 3.8) is 0 Å². The Morgan fingerprint density at radius 2 is 1.78 bits per heavy atom. The summed E-state index contributed by atoms with van der Waals surface area (Å²) in [6.45, 7) is 7.15. The summed E-state index contributed by atoms with van der Waals surface area (Å²) in [5.74, 6) is 0.562. The Balaban J connectivity index is 1.28. The van der Waals surface area contributed by atoms with E-state index in [4.69, 9.17) is 9.47 Å². The molecule has 2 aliphatic heterocycles.